The maximum atomic E-state index is 11.9. The third kappa shape index (κ3) is 5.22. The van der Waals surface area contributed by atoms with E-state index in [-0.39, 0.29) is 18.1 Å². The van der Waals surface area contributed by atoms with E-state index in [0.717, 1.165) is 11.1 Å². The highest BCUT2D eigenvalue weighted by Crippen LogP contribution is 2.39. The van der Waals surface area contributed by atoms with Crippen LogP contribution in [0.2, 0.25) is 0 Å². The summed E-state index contributed by atoms with van der Waals surface area (Å²) in [6, 6.07) is 7.35. The fraction of sp³-hybridized carbons (Fsp3) is 0.222. The molecule has 2 aromatic carbocycles. The second-order valence-electron chi connectivity index (χ2n) is 5.54. The number of aryl methyl sites for hydroxylation is 2. The summed E-state index contributed by atoms with van der Waals surface area (Å²) >= 11 is 6.69. The average molecular weight is 486 g/mol. The Kier molecular flexibility index (Phi) is 7.05. The molecule has 0 unspecified atom stereocenters. The quantitative estimate of drug-likeness (QED) is 0.477. The zero-order valence-corrected chi connectivity index (χ0v) is 17.6. The Bertz CT molecular complexity index is 833. The van der Waals surface area contributed by atoms with E-state index in [4.69, 9.17) is 9.47 Å². The molecule has 0 heterocycles. The fourth-order valence-electron chi connectivity index (χ4n) is 2.25. The molecule has 2 aromatic rings. The first-order valence-corrected chi connectivity index (χ1v) is 9.18. The number of phenols is 1. The molecule has 6 nitrogen and oxygen atoms in total. The van der Waals surface area contributed by atoms with Crippen LogP contribution in [0.3, 0.4) is 0 Å². The molecule has 0 atom stereocenters. The number of halogens is 2. The van der Waals surface area contributed by atoms with Crippen molar-refractivity contribution in [2.45, 2.75) is 13.8 Å². The largest absolute Gasteiger partial charge is 0.504 e. The molecular weight excluding hydrogens is 468 g/mol. The van der Waals surface area contributed by atoms with E-state index in [1.165, 1.54) is 13.3 Å². The number of hydrazone groups is 1. The van der Waals surface area contributed by atoms with Crippen molar-refractivity contribution in [2.24, 2.45) is 5.10 Å². The van der Waals surface area contributed by atoms with Gasteiger partial charge in [-0.25, -0.2) is 5.43 Å². The summed E-state index contributed by atoms with van der Waals surface area (Å²) in [6.45, 7) is 3.75. The van der Waals surface area contributed by atoms with Crippen LogP contribution < -0.4 is 14.9 Å². The highest BCUT2D eigenvalue weighted by atomic mass is 79.9. The molecule has 0 bridgehead atoms. The van der Waals surface area contributed by atoms with Gasteiger partial charge in [-0.05, 0) is 75.0 Å². The van der Waals surface area contributed by atoms with Crippen LogP contribution in [0, 0.1) is 13.8 Å². The minimum absolute atomic E-state index is 0.0907. The van der Waals surface area contributed by atoms with Crippen LogP contribution >= 0.6 is 31.9 Å². The van der Waals surface area contributed by atoms with E-state index in [1.54, 1.807) is 6.07 Å². The number of methoxy groups -OCH3 is 1. The van der Waals surface area contributed by atoms with Crippen molar-refractivity contribution >= 4 is 44.0 Å². The number of benzene rings is 2. The first kappa shape index (κ1) is 20.3. The van der Waals surface area contributed by atoms with E-state index >= 15 is 0 Å². The Morgan fingerprint density at radius 3 is 2.50 bits per heavy atom. The second kappa shape index (κ2) is 9.05. The first-order chi connectivity index (χ1) is 12.3. The third-order valence-electron chi connectivity index (χ3n) is 3.36. The predicted molar refractivity (Wildman–Crippen MR) is 107 cm³/mol. The highest BCUT2D eigenvalue weighted by Gasteiger charge is 2.14. The Morgan fingerprint density at radius 1 is 1.23 bits per heavy atom. The zero-order valence-electron chi connectivity index (χ0n) is 14.5. The molecule has 2 rings (SSSR count). The molecule has 0 aliphatic heterocycles. The molecule has 0 saturated heterocycles. The molecule has 0 aliphatic carbocycles. The van der Waals surface area contributed by atoms with Gasteiger partial charge in [-0.1, -0.05) is 6.07 Å². The molecule has 0 spiro atoms. The van der Waals surface area contributed by atoms with E-state index in [1.807, 2.05) is 32.0 Å². The van der Waals surface area contributed by atoms with E-state index in [9.17, 15) is 9.90 Å². The van der Waals surface area contributed by atoms with Gasteiger partial charge < -0.3 is 14.6 Å². The van der Waals surface area contributed by atoms with Crippen molar-refractivity contribution in [1.82, 2.24) is 5.43 Å². The Balaban J connectivity index is 2.00. The lowest BCUT2D eigenvalue weighted by Crippen LogP contribution is -2.24. The van der Waals surface area contributed by atoms with Gasteiger partial charge in [0.2, 0.25) is 0 Å². The summed E-state index contributed by atoms with van der Waals surface area (Å²) in [5, 5.41) is 14.0. The van der Waals surface area contributed by atoms with Crippen molar-refractivity contribution in [3.05, 3.63) is 49.9 Å². The van der Waals surface area contributed by atoms with Gasteiger partial charge in [0, 0.05) is 8.95 Å². The van der Waals surface area contributed by atoms with Crippen LogP contribution in [0.5, 0.6) is 17.2 Å². The number of phenolic OH excluding ortho intramolecular Hbond substituents is 1. The van der Waals surface area contributed by atoms with Crippen molar-refractivity contribution < 1.29 is 19.4 Å². The van der Waals surface area contributed by atoms with Crippen LogP contribution in [0.1, 0.15) is 16.7 Å². The Labute approximate surface area is 168 Å². The Morgan fingerprint density at radius 2 is 1.88 bits per heavy atom. The topological polar surface area (TPSA) is 80.2 Å². The van der Waals surface area contributed by atoms with Gasteiger partial charge in [-0.3, -0.25) is 4.79 Å². The van der Waals surface area contributed by atoms with Gasteiger partial charge in [0.05, 0.1) is 18.9 Å². The lowest BCUT2D eigenvalue weighted by Gasteiger charge is -2.10. The zero-order chi connectivity index (χ0) is 19.3. The fourth-order valence-corrected chi connectivity index (χ4v) is 3.08. The number of carbonyl (C=O) groups excluding carboxylic acids is 1. The summed E-state index contributed by atoms with van der Waals surface area (Å²) in [5.41, 5.74) is 4.84. The Hall–Kier alpha value is -2.06. The number of carbonyl (C=O) groups is 1. The average Bonchev–Trinajstić information content (AvgIpc) is 2.58. The predicted octanol–water partition coefficient (Wildman–Crippen LogP) is 4.07. The molecule has 0 fully saturated rings. The normalized spacial score (nSPS) is 10.8. The first-order valence-electron chi connectivity index (χ1n) is 7.59. The monoisotopic (exact) mass is 484 g/mol. The van der Waals surface area contributed by atoms with Gasteiger partial charge in [0.1, 0.15) is 5.75 Å². The minimum Gasteiger partial charge on any atom is -0.504 e. The molecule has 0 saturated carbocycles. The SMILES string of the molecule is COc1cc(Br)c(Br)c(/C=N/NC(=O)COc2cc(C)cc(C)c2)c1O. The van der Waals surface area contributed by atoms with Gasteiger partial charge in [0.25, 0.3) is 5.91 Å². The smallest absolute Gasteiger partial charge is 0.277 e. The summed E-state index contributed by atoms with van der Waals surface area (Å²) < 4.78 is 11.8. The lowest BCUT2D eigenvalue weighted by atomic mass is 10.1. The lowest BCUT2D eigenvalue weighted by molar-refractivity contribution is -0.123. The number of aromatic hydroxyl groups is 1. The van der Waals surface area contributed by atoms with Gasteiger partial charge in [-0.15, -0.1) is 0 Å². The molecule has 1 amide bonds. The number of nitrogens with one attached hydrogen (secondary N) is 1. The highest BCUT2D eigenvalue weighted by molar-refractivity contribution is 9.13. The third-order valence-corrected chi connectivity index (χ3v) is 5.37. The maximum Gasteiger partial charge on any atom is 0.277 e. The van der Waals surface area contributed by atoms with Gasteiger partial charge in [-0.2, -0.15) is 5.10 Å². The summed E-state index contributed by atoms with van der Waals surface area (Å²) in [4.78, 5) is 11.9. The second-order valence-corrected chi connectivity index (χ2v) is 7.19. The van der Waals surface area contributed by atoms with Crippen LogP contribution in [0.15, 0.2) is 38.3 Å². The number of ether oxygens (including phenoxy) is 2. The van der Waals surface area contributed by atoms with Crippen molar-refractivity contribution in [2.75, 3.05) is 13.7 Å². The molecule has 0 aliphatic rings. The number of amides is 1. The van der Waals surface area contributed by atoms with E-state index in [0.29, 0.717) is 20.3 Å². The molecule has 26 heavy (non-hydrogen) atoms. The molecule has 0 radical (unpaired) electrons. The maximum absolute atomic E-state index is 11.9. The van der Waals surface area contributed by atoms with E-state index < -0.39 is 5.91 Å². The van der Waals surface area contributed by atoms with Crippen LogP contribution in [0.25, 0.3) is 0 Å². The minimum atomic E-state index is -0.419. The van der Waals surface area contributed by atoms with Crippen LogP contribution in [-0.2, 0) is 4.79 Å². The van der Waals surface area contributed by atoms with Crippen molar-refractivity contribution in [3.63, 3.8) is 0 Å². The van der Waals surface area contributed by atoms with Crippen molar-refractivity contribution in [1.29, 1.82) is 0 Å². The van der Waals surface area contributed by atoms with Crippen LogP contribution in [-0.4, -0.2) is 30.9 Å². The van der Waals surface area contributed by atoms with E-state index in [2.05, 4.69) is 42.4 Å². The number of nitrogens with zero attached hydrogens (tertiary/aromatic N) is 1. The standard InChI is InChI=1S/C18H18Br2N2O4/c1-10-4-11(2)6-12(5-10)26-9-16(23)22-21-8-13-17(20)14(19)7-15(25-3)18(13)24/h4-8,24H,9H2,1-3H3,(H,22,23)/b21-8+. The molecular formula is C18H18Br2N2O4. The summed E-state index contributed by atoms with van der Waals surface area (Å²) in [5.74, 6) is 0.398. The van der Waals surface area contributed by atoms with Crippen molar-refractivity contribution in [3.8, 4) is 17.2 Å². The molecule has 2 N–H and O–H groups in total. The molecule has 0 aromatic heterocycles. The molecule has 8 heteroatoms. The molecule has 138 valence electrons. The van der Waals surface area contributed by atoms with Crippen LogP contribution in [0.4, 0.5) is 0 Å². The van der Waals surface area contributed by atoms with Gasteiger partial charge >= 0.3 is 0 Å². The number of rotatable bonds is 6. The summed E-state index contributed by atoms with van der Waals surface area (Å²) in [7, 11) is 1.45. The summed E-state index contributed by atoms with van der Waals surface area (Å²) in [6.07, 6.45) is 1.32. The van der Waals surface area contributed by atoms with Gasteiger partial charge in [0.15, 0.2) is 18.1 Å². The number of hydrogen-bond acceptors (Lipinski definition) is 5. The number of hydrogen-bond donors (Lipinski definition) is 2.